The van der Waals surface area contributed by atoms with E-state index in [0.717, 1.165) is 25.3 Å². The average Bonchev–Trinajstić information content (AvgIpc) is 2.68. The van der Waals surface area contributed by atoms with E-state index in [9.17, 15) is 9.59 Å². The molecule has 6 nitrogen and oxygen atoms in total. The minimum atomic E-state index is -0.0702. The lowest BCUT2D eigenvalue weighted by molar-refractivity contribution is -0.139. The Kier molecular flexibility index (Phi) is 5.89. The van der Waals surface area contributed by atoms with Gasteiger partial charge in [0.2, 0.25) is 11.8 Å². The minimum absolute atomic E-state index is 0.0165. The summed E-state index contributed by atoms with van der Waals surface area (Å²) in [5.41, 5.74) is 1.35. The molecule has 1 atom stereocenters. The number of carbonyl (C=O) groups is 2. The van der Waals surface area contributed by atoms with Crippen molar-refractivity contribution in [3.05, 3.63) is 29.8 Å². The number of likely N-dealkylation sites (tertiary alicyclic amines) is 1. The number of hydrogen-bond acceptors (Lipinski definition) is 4. The third kappa shape index (κ3) is 4.23. The maximum atomic E-state index is 12.6. The molecule has 1 aromatic carbocycles. The Morgan fingerprint density at radius 3 is 2.54 bits per heavy atom. The zero-order valence-electron chi connectivity index (χ0n) is 15.4. The third-order valence-corrected chi connectivity index (χ3v) is 5.30. The van der Waals surface area contributed by atoms with E-state index in [1.807, 2.05) is 6.92 Å². The second-order valence-electron chi connectivity index (χ2n) is 7.19. The first kappa shape index (κ1) is 18.4. The van der Waals surface area contributed by atoms with Gasteiger partial charge in [0, 0.05) is 31.2 Å². The zero-order valence-corrected chi connectivity index (χ0v) is 15.4. The van der Waals surface area contributed by atoms with Gasteiger partial charge >= 0.3 is 0 Å². The monoisotopic (exact) mass is 354 g/mol. The van der Waals surface area contributed by atoms with Crippen LogP contribution in [-0.4, -0.2) is 60.4 Å². The predicted molar refractivity (Wildman–Crippen MR) is 99.6 cm³/mol. The Bertz CT molecular complexity index is 689. The molecule has 0 aromatic heterocycles. The van der Waals surface area contributed by atoms with Gasteiger partial charge in [-0.25, -0.2) is 0 Å². The molecule has 2 fully saturated rings. The largest absolute Gasteiger partial charge is 0.329 e. The molecular formula is C20H26N4O2. The molecular weight excluding hydrogens is 328 g/mol. The van der Waals surface area contributed by atoms with Crippen molar-refractivity contribution in [2.75, 3.05) is 37.6 Å². The molecule has 0 N–H and O–H groups in total. The van der Waals surface area contributed by atoms with Crippen molar-refractivity contribution in [2.24, 2.45) is 0 Å². The molecule has 0 radical (unpaired) electrons. The van der Waals surface area contributed by atoms with Gasteiger partial charge in [-0.15, -0.1) is 0 Å². The molecule has 0 unspecified atom stereocenters. The highest BCUT2D eigenvalue weighted by molar-refractivity contribution is 5.98. The molecule has 0 bridgehead atoms. The van der Waals surface area contributed by atoms with Gasteiger partial charge in [0.1, 0.15) is 6.54 Å². The Balaban J connectivity index is 1.57. The molecule has 138 valence electrons. The number of piperidine rings is 1. The number of piperazine rings is 1. The van der Waals surface area contributed by atoms with Crippen molar-refractivity contribution in [3.8, 4) is 6.07 Å². The second kappa shape index (κ2) is 8.33. The van der Waals surface area contributed by atoms with Crippen LogP contribution in [-0.2, 0) is 9.59 Å². The lowest BCUT2D eigenvalue weighted by Crippen LogP contribution is -2.57. The highest BCUT2D eigenvalue weighted by Gasteiger charge is 2.33. The fourth-order valence-electron chi connectivity index (χ4n) is 3.73. The van der Waals surface area contributed by atoms with Gasteiger partial charge in [-0.05, 0) is 57.1 Å². The lowest BCUT2D eigenvalue weighted by atomic mass is 10.1. The Morgan fingerprint density at radius 2 is 1.88 bits per heavy atom. The topological polar surface area (TPSA) is 67.6 Å². The number of amides is 2. The van der Waals surface area contributed by atoms with Crippen LogP contribution in [0.3, 0.4) is 0 Å². The van der Waals surface area contributed by atoms with Crippen molar-refractivity contribution in [1.82, 2.24) is 9.80 Å². The molecule has 3 rings (SSSR count). The van der Waals surface area contributed by atoms with E-state index >= 15 is 0 Å². The number of carbonyl (C=O) groups excluding carboxylic acids is 2. The standard InChI is InChI=1S/C20H26N4O2/c1-16-14-24(18-7-5-17(13-21)6-8-18)20(26)15-23(16)19(25)9-12-22-10-3-2-4-11-22/h5-8,16H,2-4,9-12,14-15H2,1H3/t16-/m1/s1. The van der Waals surface area contributed by atoms with E-state index in [-0.39, 0.29) is 24.4 Å². The van der Waals surface area contributed by atoms with Crippen LogP contribution in [0.2, 0.25) is 0 Å². The summed E-state index contributed by atoms with van der Waals surface area (Å²) in [7, 11) is 0. The number of nitriles is 1. The number of hydrogen-bond donors (Lipinski definition) is 0. The summed E-state index contributed by atoms with van der Waals surface area (Å²) in [4.78, 5) is 31.0. The van der Waals surface area contributed by atoms with Gasteiger partial charge in [-0.1, -0.05) is 6.42 Å². The lowest BCUT2D eigenvalue weighted by Gasteiger charge is -2.39. The highest BCUT2D eigenvalue weighted by atomic mass is 16.2. The summed E-state index contributed by atoms with van der Waals surface area (Å²) in [5, 5.41) is 8.90. The minimum Gasteiger partial charge on any atom is -0.329 e. The maximum Gasteiger partial charge on any atom is 0.246 e. The molecule has 2 saturated heterocycles. The highest BCUT2D eigenvalue weighted by Crippen LogP contribution is 2.21. The number of anilines is 1. The van der Waals surface area contributed by atoms with Gasteiger partial charge in [-0.2, -0.15) is 5.26 Å². The van der Waals surface area contributed by atoms with Gasteiger partial charge < -0.3 is 14.7 Å². The summed E-state index contributed by atoms with van der Waals surface area (Å²) in [6.45, 7) is 5.54. The van der Waals surface area contributed by atoms with Crippen molar-refractivity contribution in [2.45, 2.75) is 38.6 Å². The molecule has 0 aliphatic carbocycles. The molecule has 2 aliphatic heterocycles. The number of nitrogens with zero attached hydrogens (tertiary/aromatic N) is 4. The SMILES string of the molecule is C[C@@H]1CN(c2ccc(C#N)cc2)C(=O)CN1C(=O)CCN1CCCCC1. The van der Waals surface area contributed by atoms with Gasteiger partial charge in [-0.3, -0.25) is 9.59 Å². The molecule has 2 aliphatic rings. The van der Waals surface area contributed by atoms with E-state index in [1.165, 1.54) is 19.3 Å². The molecule has 0 spiro atoms. The smallest absolute Gasteiger partial charge is 0.246 e. The van der Waals surface area contributed by atoms with Crippen LogP contribution >= 0.6 is 0 Å². The van der Waals surface area contributed by atoms with E-state index in [1.54, 1.807) is 34.1 Å². The maximum absolute atomic E-state index is 12.6. The van der Waals surface area contributed by atoms with E-state index < -0.39 is 0 Å². The van der Waals surface area contributed by atoms with Gasteiger partial charge in [0.05, 0.1) is 11.6 Å². The first-order valence-corrected chi connectivity index (χ1v) is 9.41. The summed E-state index contributed by atoms with van der Waals surface area (Å²) < 4.78 is 0. The van der Waals surface area contributed by atoms with Crippen molar-refractivity contribution >= 4 is 17.5 Å². The molecule has 26 heavy (non-hydrogen) atoms. The van der Waals surface area contributed by atoms with Gasteiger partial charge in [0.15, 0.2) is 0 Å². The predicted octanol–water partition coefficient (Wildman–Crippen LogP) is 2.00. The Hall–Kier alpha value is -2.39. The zero-order chi connectivity index (χ0) is 18.5. The van der Waals surface area contributed by atoms with Crippen molar-refractivity contribution in [1.29, 1.82) is 5.26 Å². The van der Waals surface area contributed by atoms with Crippen LogP contribution in [0.15, 0.2) is 24.3 Å². The summed E-state index contributed by atoms with van der Waals surface area (Å²) in [5.74, 6) is -0.00460. The fraction of sp³-hybridized carbons (Fsp3) is 0.550. The first-order chi connectivity index (χ1) is 12.6. The third-order valence-electron chi connectivity index (χ3n) is 5.30. The summed E-state index contributed by atoms with van der Waals surface area (Å²) >= 11 is 0. The summed E-state index contributed by atoms with van der Waals surface area (Å²) in [6, 6.07) is 9.06. The van der Waals surface area contributed by atoms with Crippen LogP contribution in [0.4, 0.5) is 5.69 Å². The quantitative estimate of drug-likeness (QED) is 0.829. The van der Waals surface area contributed by atoms with Crippen LogP contribution in [0, 0.1) is 11.3 Å². The van der Waals surface area contributed by atoms with E-state index in [4.69, 9.17) is 5.26 Å². The van der Waals surface area contributed by atoms with Crippen molar-refractivity contribution in [3.63, 3.8) is 0 Å². The van der Waals surface area contributed by atoms with Gasteiger partial charge in [0.25, 0.3) is 0 Å². The van der Waals surface area contributed by atoms with Crippen LogP contribution in [0.25, 0.3) is 0 Å². The van der Waals surface area contributed by atoms with E-state index in [2.05, 4.69) is 11.0 Å². The number of benzene rings is 1. The fourth-order valence-corrected chi connectivity index (χ4v) is 3.73. The van der Waals surface area contributed by atoms with Crippen LogP contribution < -0.4 is 4.90 Å². The molecule has 0 saturated carbocycles. The normalized spacial score (nSPS) is 21.5. The van der Waals surface area contributed by atoms with Crippen LogP contribution in [0.1, 0.15) is 38.2 Å². The molecule has 2 amide bonds. The molecule has 6 heteroatoms. The summed E-state index contributed by atoms with van der Waals surface area (Å²) in [6.07, 6.45) is 4.19. The number of rotatable bonds is 4. The first-order valence-electron chi connectivity index (χ1n) is 9.41. The van der Waals surface area contributed by atoms with Crippen molar-refractivity contribution < 1.29 is 9.59 Å². The van der Waals surface area contributed by atoms with E-state index in [0.29, 0.717) is 18.5 Å². The Morgan fingerprint density at radius 1 is 1.19 bits per heavy atom. The molecule has 1 aromatic rings. The average molecular weight is 354 g/mol. The Labute approximate surface area is 155 Å². The molecule has 2 heterocycles. The second-order valence-corrected chi connectivity index (χ2v) is 7.19. The van der Waals surface area contributed by atoms with Crippen LogP contribution in [0.5, 0.6) is 0 Å².